The van der Waals surface area contributed by atoms with E-state index in [1.165, 1.54) is 5.56 Å². The summed E-state index contributed by atoms with van der Waals surface area (Å²) in [5.74, 6) is 0.894. The van der Waals surface area contributed by atoms with E-state index in [0.29, 0.717) is 0 Å². The molecule has 2 aromatic heterocycles. The highest BCUT2D eigenvalue weighted by atomic mass is 16.3. The van der Waals surface area contributed by atoms with Crippen molar-refractivity contribution in [3.63, 3.8) is 0 Å². The summed E-state index contributed by atoms with van der Waals surface area (Å²) in [5, 5.41) is 4.78. The van der Waals surface area contributed by atoms with Crippen LogP contribution >= 0.6 is 0 Å². The Morgan fingerprint density at radius 2 is 1.64 bits per heavy atom. The Morgan fingerprint density at radius 1 is 0.909 bits per heavy atom. The number of aromatic nitrogens is 2. The summed E-state index contributed by atoms with van der Waals surface area (Å²) >= 11 is 0. The molecule has 0 aliphatic carbocycles. The number of benzene rings is 2. The Labute approximate surface area is 128 Å². The van der Waals surface area contributed by atoms with Gasteiger partial charge in [0.25, 0.3) is 0 Å². The van der Waals surface area contributed by atoms with Crippen molar-refractivity contribution < 1.29 is 4.42 Å². The van der Waals surface area contributed by atoms with Crippen LogP contribution in [0.25, 0.3) is 28.0 Å². The summed E-state index contributed by atoms with van der Waals surface area (Å²) in [5.41, 5.74) is 6.05. The average Bonchev–Trinajstić information content (AvgIpc) is 3.06. The summed E-state index contributed by atoms with van der Waals surface area (Å²) in [7, 11) is 0. The molecule has 0 spiro atoms. The van der Waals surface area contributed by atoms with Crippen LogP contribution in [0.5, 0.6) is 0 Å². The average molecular weight is 288 g/mol. The lowest BCUT2D eigenvalue weighted by Gasteiger charge is -2.02. The molecule has 0 aliphatic heterocycles. The fraction of sp³-hybridized carbons (Fsp3) is 0.105. The minimum atomic E-state index is 0.837. The second-order valence-electron chi connectivity index (χ2n) is 5.53. The Hall–Kier alpha value is -2.81. The first-order valence-electron chi connectivity index (χ1n) is 7.34. The number of aryl methyl sites for hydroxylation is 2. The summed E-state index contributed by atoms with van der Waals surface area (Å²) in [6.45, 7) is 4.05. The quantitative estimate of drug-likeness (QED) is 0.525. The number of furan rings is 1. The lowest BCUT2D eigenvalue weighted by atomic mass is 10.1. The van der Waals surface area contributed by atoms with E-state index in [0.717, 1.165) is 33.8 Å². The molecule has 0 unspecified atom stereocenters. The fourth-order valence-electron chi connectivity index (χ4n) is 2.69. The molecule has 0 amide bonds. The van der Waals surface area contributed by atoms with Crippen LogP contribution in [0.4, 0.5) is 0 Å². The Bertz CT molecular complexity index is 931. The number of hydrogen-bond acceptors (Lipinski definition) is 2. The van der Waals surface area contributed by atoms with E-state index in [1.807, 2.05) is 35.9 Å². The summed E-state index contributed by atoms with van der Waals surface area (Å²) < 4.78 is 7.85. The standard InChI is InChI=1S/C19H16N2O/c1-13-8-10-16(11-9-13)21-17-12-14(2)22-19(17)18(20-21)15-6-4-3-5-7-15/h3-12H,1-2H3. The minimum Gasteiger partial charge on any atom is -0.457 e. The zero-order valence-electron chi connectivity index (χ0n) is 12.6. The minimum absolute atomic E-state index is 0.837. The van der Waals surface area contributed by atoms with Crippen molar-refractivity contribution in [3.05, 3.63) is 72.0 Å². The highest BCUT2D eigenvalue weighted by molar-refractivity contribution is 5.90. The molecule has 2 aromatic carbocycles. The molecule has 4 aromatic rings. The zero-order valence-corrected chi connectivity index (χ0v) is 12.6. The van der Waals surface area contributed by atoms with Crippen LogP contribution in [-0.4, -0.2) is 9.78 Å². The van der Waals surface area contributed by atoms with Crippen LogP contribution < -0.4 is 0 Å². The van der Waals surface area contributed by atoms with E-state index in [-0.39, 0.29) is 0 Å². The predicted molar refractivity (Wildman–Crippen MR) is 88.2 cm³/mol. The third-order valence-corrected chi connectivity index (χ3v) is 3.80. The monoisotopic (exact) mass is 288 g/mol. The molecule has 0 radical (unpaired) electrons. The molecular weight excluding hydrogens is 272 g/mol. The maximum atomic E-state index is 5.90. The molecule has 0 saturated heterocycles. The largest absolute Gasteiger partial charge is 0.457 e. The van der Waals surface area contributed by atoms with Gasteiger partial charge in [0.05, 0.1) is 5.69 Å². The maximum absolute atomic E-state index is 5.90. The molecule has 2 heterocycles. The molecule has 4 rings (SSSR count). The van der Waals surface area contributed by atoms with Crippen molar-refractivity contribution in [2.24, 2.45) is 0 Å². The van der Waals surface area contributed by atoms with Gasteiger partial charge in [-0.1, -0.05) is 48.0 Å². The lowest BCUT2D eigenvalue weighted by Crippen LogP contribution is -1.96. The van der Waals surface area contributed by atoms with Gasteiger partial charge in [-0.05, 0) is 26.0 Å². The van der Waals surface area contributed by atoms with Crippen molar-refractivity contribution in [1.82, 2.24) is 9.78 Å². The van der Waals surface area contributed by atoms with Crippen molar-refractivity contribution in [3.8, 4) is 16.9 Å². The molecule has 0 bridgehead atoms. The van der Waals surface area contributed by atoms with Crippen molar-refractivity contribution >= 4 is 11.1 Å². The number of fused-ring (bicyclic) bond motifs is 1. The Morgan fingerprint density at radius 3 is 2.36 bits per heavy atom. The van der Waals surface area contributed by atoms with Crippen molar-refractivity contribution in [2.75, 3.05) is 0 Å². The van der Waals surface area contributed by atoms with Gasteiger partial charge in [0.15, 0.2) is 5.58 Å². The zero-order chi connectivity index (χ0) is 15.1. The smallest absolute Gasteiger partial charge is 0.180 e. The van der Waals surface area contributed by atoms with Crippen LogP contribution in [0, 0.1) is 13.8 Å². The van der Waals surface area contributed by atoms with Gasteiger partial charge in [0.1, 0.15) is 17.0 Å². The van der Waals surface area contributed by atoms with E-state index in [4.69, 9.17) is 9.52 Å². The van der Waals surface area contributed by atoms with Gasteiger partial charge >= 0.3 is 0 Å². The first-order chi connectivity index (χ1) is 10.7. The second kappa shape index (κ2) is 4.88. The Balaban J connectivity index is 1.98. The van der Waals surface area contributed by atoms with E-state index < -0.39 is 0 Å². The molecule has 3 heteroatoms. The van der Waals surface area contributed by atoms with E-state index in [1.54, 1.807) is 0 Å². The molecule has 0 N–H and O–H groups in total. The van der Waals surface area contributed by atoms with Crippen LogP contribution in [0.2, 0.25) is 0 Å². The highest BCUT2D eigenvalue weighted by Crippen LogP contribution is 2.31. The van der Waals surface area contributed by atoms with E-state index in [9.17, 15) is 0 Å². The molecule has 0 aliphatic rings. The summed E-state index contributed by atoms with van der Waals surface area (Å²) in [4.78, 5) is 0. The highest BCUT2D eigenvalue weighted by Gasteiger charge is 2.17. The first-order valence-corrected chi connectivity index (χ1v) is 7.34. The molecule has 0 atom stereocenters. The normalized spacial score (nSPS) is 11.2. The molecule has 3 nitrogen and oxygen atoms in total. The van der Waals surface area contributed by atoms with Gasteiger partial charge in [-0.15, -0.1) is 0 Å². The topological polar surface area (TPSA) is 31.0 Å². The molecule has 108 valence electrons. The molecule has 0 saturated carbocycles. The fourth-order valence-corrected chi connectivity index (χ4v) is 2.69. The summed E-state index contributed by atoms with van der Waals surface area (Å²) in [6.07, 6.45) is 0. The van der Waals surface area contributed by atoms with Gasteiger partial charge < -0.3 is 4.42 Å². The van der Waals surface area contributed by atoms with Gasteiger partial charge in [-0.3, -0.25) is 0 Å². The molecule has 0 fully saturated rings. The van der Waals surface area contributed by atoms with Crippen LogP contribution in [0.1, 0.15) is 11.3 Å². The van der Waals surface area contributed by atoms with Crippen LogP contribution in [-0.2, 0) is 0 Å². The Kier molecular flexibility index (Phi) is 2.86. The maximum Gasteiger partial charge on any atom is 0.180 e. The predicted octanol–water partition coefficient (Wildman–Crippen LogP) is 4.90. The number of nitrogens with zero attached hydrogens (tertiary/aromatic N) is 2. The van der Waals surface area contributed by atoms with Crippen molar-refractivity contribution in [2.45, 2.75) is 13.8 Å². The van der Waals surface area contributed by atoms with Gasteiger partial charge in [-0.2, -0.15) is 5.10 Å². The van der Waals surface area contributed by atoms with Crippen molar-refractivity contribution in [1.29, 1.82) is 0 Å². The first kappa shape index (κ1) is 12.9. The summed E-state index contributed by atoms with van der Waals surface area (Å²) in [6, 6.07) is 20.5. The third-order valence-electron chi connectivity index (χ3n) is 3.80. The lowest BCUT2D eigenvalue weighted by molar-refractivity contribution is 0.579. The molecular formula is C19H16N2O. The second-order valence-corrected chi connectivity index (χ2v) is 5.53. The number of hydrogen-bond donors (Lipinski definition) is 0. The van der Waals surface area contributed by atoms with Crippen LogP contribution in [0.3, 0.4) is 0 Å². The molecule has 22 heavy (non-hydrogen) atoms. The third kappa shape index (κ3) is 2.02. The number of rotatable bonds is 2. The van der Waals surface area contributed by atoms with Gasteiger partial charge in [-0.25, -0.2) is 4.68 Å². The van der Waals surface area contributed by atoms with E-state index >= 15 is 0 Å². The van der Waals surface area contributed by atoms with E-state index in [2.05, 4.69) is 43.3 Å². The van der Waals surface area contributed by atoms with Gasteiger partial charge in [0, 0.05) is 11.6 Å². The SMILES string of the molecule is Cc1ccc(-n2nc(-c3ccccc3)c3oc(C)cc32)cc1. The van der Waals surface area contributed by atoms with Crippen LogP contribution in [0.15, 0.2) is 65.1 Å². The van der Waals surface area contributed by atoms with Gasteiger partial charge in [0.2, 0.25) is 0 Å².